The topological polar surface area (TPSA) is 33.7 Å². The number of nitrogens with one attached hydrogen (secondary N) is 1. The molecule has 0 amide bonds. The highest BCUT2D eigenvalue weighted by atomic mass is 16.5. The van der Waals surface area contributed by atoms with Crippen molar-refractivity contribution in [2.24, 2.45) is 0 Å². The van der Waals surface area contributed by atoms with E-state index in [4.69, 9.17) is 9.47 Å². The van der Waals surface area contributed by atoms with Crippen molar-refractivity contribution in [2.45, 2.75) is 31.7 Å². The second-order valence-corrected chi connectivity index (χ2v) is 7.26. The molecular formula is C24H24N2O2. The number of ether oxygens (including phenoxy) is 2. The molecule has 0 saturated carbocycles. The van der Waals surface area contributed by atoms with Gasteiger partial charge in [-0.1, -0.05) is 60.7 Å². The lowest BCUT2D eigenvalue weighted by atomic mass is 9.95. The van der Waals surface area contributed by atoms with Crippen LogP contribution in [0.15, 0.2) is 78.9 Å². The number of para-hydroxylation sites is 1. The summed E-state index contributed by atoms with van der Waals surface area (Å²) in [6, 6.07) is 27.8. The van der Waals surface area contributed by atoms with Crippen LogP contribution in [-0.4, -0.2) is 11.6 Å². The first-order valence-electron chi connectivity index (χ1n) is 9.91. The highest BCUT2D eigenvalue weighted by Gasteiger charge is 2.43. The standard InChI is InChI=1S/C24H24N2O2/c1-2-27-19-14-12-18(13-15-19)24-26-22(20-10-6-7-11-23(20)28-24)16-21(25-26)17-8-4-3-5-9-17/h3-15,21-22,24-25H,2,16H2,1H3/t21-,22-,24+/m0/s1. The summed E-state index contributed by atoms with van der Waals surface area (Å²) in [6.45, 7) is 2.67. The minimum absolute atomic E-state index is 0.177. The van der Waals surface area contributed by atoms with Crippen molar-refractivity contribution < 1.29 is 9.47 Å². The van der Waals surface area contributed by atoms with Crippen LogP contribution in [-0.2, 0) is 0 Å². The van der Waals surface area contributed by atoms with E-state index in [1.807, 2.05) is 25.1 Å². The van der Waals surface area contributed by atoms with E-state index >= 15 is 0 Å². The molecule has 1 fully saturated rings. The minimum atomic E-state index is -0.177. The number of fused-ring (bicyclic) bond motifs is 3. The highest BCUT2D eigenvalue weighted by molar-refractivity contribution is 5.41. The van der Waals surface area contributed by atoms with Gasteiger partial charge in [0, 0.05) is 17.2 Å². The van der Waals surface area contributed by atoms with Crippen LogP contribution in [0.2, 0.25) is 0 Å². The highest BCUT2D eigenvalue weighted by Crippen LogP contribution is 2.48. The van der Waals surface area contributed by atoms with Crippen molar-refractivity contribution in [3.8, 4) is 11.5 Å². The summed E-state index contributed by atoms with van der Waals surface area (Å²) in [5, 5.41) is 2.27. The summed E-state index contributed by atoms with van der Waals surface area (Å²) < 4.78 is 12.0. The molecule has 0 radical (unpaired) electrons. The molecule has 0 aliphatic carbocycles. The van der Waals surface area contributed by atoms with Crippen LogP contribution in [0.1, 0.15) is 48.3 Å². The molecule has 3 aromatic carbocycles. The predicted molar refractivity (Wildman–Crippen MR) is 109 cm³/mol. The van der Waals surface area contributed by atoms with E-state index in [0.29, 0.717) is 6.61 Å². The molecule has 1 saturated heterocycles. The maximum absolute atomic E-state index is 6.44. The van der Waals surface area contributed by atoms with Gasteiger partial charge in [0.1, 0.15) is 11.5 Å². The van der Waals surface area contributed by atoms with Gasteiger partial charge in [-0.15, -0.1) is 0 Å². The number of hydrogen-bond donors (Lipinski definition) is 1. The monoisotopic (exact) mass is 372 g/mol. The Kier molecular flexibility index (Phi) is 4.51. The van der Waals surface area contributed by atoms with E-state index in [1.54, 1.807) is 0 Å². The van der Waals surface area contributed by atoms with Gasteiger partial charge < -0.3 is 9.47 Å². The number of rotatable bonds is 4. The van der Waals surface area contributed by atoms with E-state index < -0.39 is 0 Å². The third kappa shape index (κ3) is 3.05. The molecule has 4 nitrogen and oxygen atoms in total. The van der Waals surface area contributed by atoms with Crippen LogP contribution in [0.4, 0.5) is 0 Å². The lowest BCUT2D eigenvalue weighted by molar-refractivity contribution is -0.0434. The molecule has 0 bridgehead atoms. The van der Waals surface area contributed by atoms with Crippen LogP contribution < -0.4 is 14.9 Å². The van der Waals surface area contributed by atoms with Crippen molar-refractivity contribution in [2.75, 3.05) is 6.61 Å². The van der Waals surface area contributed by atoms with E-state index in [0.717, 1.165) is 23.5 Å². The van der Waals surface area contributed by atoms with Crippen molar-refractivity contribution in [1.29, 1.82) is 0 Å². The average Bonchev–Trinajstić information content (AvgIpc) is 3.20. The number of hydrazine groups is 1. The zero-order valence-electron chi connectivity index (χ0n) is 15.9. The fraction of sp³-hybridized carbons (Fsp3) is 0.250. The molecule has 0 spiro atoms. The molecular weight excluding hydrogens is 348 g/mol. The van der Waals surface area contributed by atoms with Crippen molar-refractivity contribution in [1.82, 2.24) is 10.4 Å². The normalized spacial score (nSPS) is 23.5. The van der Waals surface area contributed by atoms with Gasteiger partial charge in [-0.25, -0.2) is 5.43 Å². The fourth-order valence-corrected chi connectivity index (χ4v) is 4.23. The molecule has 2 aliphatic heterocycles. The lowest BCUT2D eigenvalue weighted by Gasteiger charge is -2.38. The Morgan fingerprint density at radius 2 is 1.68 bits per heavy atom. The summed E-state index contributed by atoms with van der Waals surface area (Å²) in [5.74, 6) is 1.86. The van der Waals surface area contributed by atoms with Crippen LogP contribution in [0.5, 0.6) is 11.5 Å². The SMILES string of the molecule is CCOc1ccc([C@H]2Oc3ccccc3[C@@H]3C[C@@H](c4ccccc4)NN23)cc1. The van der Waals surface area contributed by atoms with Crippen molar-refractivity contribution in [3.05, 3.63) is 95.6 Å². The third-order valence-electron chi connectivity index (χ3n) is 5.55. The summed E-state index contributed by atoms with van der Waals surface area (Å²) in [4.78, 5) is 0. The van der Waals surface area contributed by atoms with E-state index in [2.05, 4.69) is 71.1 Å². The van der Waals surface area contributed by atoms with E-state index in [9.17, 15) is 0 Å². The number of nitrogens with zero attached hydrogens (tertiary/aromatic N) is 1. The first kappa shape index (κ1) is 17.3. The van der Waals surface area contributed by atoms with Gasteiger partial charge in [0.05, 0.1) is 12.6 Å². The summed E-state index contributed by atoms with van der Waals surface area (Å²) >= 11 is 0. The Labute approximate surface area is 165 Å². The van der Waals surface area contributed by atoms with Gasteiger partial charge in [0.15, 0.2) is 6.23 Å². The second kappa shape index (κ2) is 7.30. The molecule has 3 atom stereocenters. The molecule has 2 heterocycles. The van der Waals surface area contributed by atoms with Crippen molar-refractivity contribution >= 4 is 0 Å². The fourth-order valence-electron chi connectivity index (χ4n) is 4.23. The van der Waals surface area contributed by atoms with Crippen LogP contribution in [0.3, 0.4) is 0 Å². The zero-order valence-corrected chi connectivity index (χ0v) is 15.9. The van der Waals surface area contributed by atoms with E-state index in [1.165, 1.54) is 11.1 Å². The Morgan fingerprint density at radius 1 is 0.929 bits per heavy atom. The predicted octanol–water partition coefficient (Wildman–Crippen LogP) is 5.17. The summed E-state index contributed by atoms with van der Waals surface area (Å²) in [7, 11) is 0. The number of benzene rings is 3. The van der Waals surface area contributed by atoms with Gasteiger partial charge in [-0.2, -0.15) is 5.01 Å². The molecule has 2 aliphatic rings. The molecule has 5 rings (SSSR count). The first-order valence-corrected chi connectivity index (χ1v) is 9.91. The van der Waals surface area contributed by atoms with Gasteiger partial charge in [-0.3, -0.25) is 0 Å². The van der Waals surface area contributed by atoms with Crippen LogP contribution in [0.25, 0.3) is 0 Å². The molecule has 0 aromatic heterocycles. The molecule has 4 heteroatoms. The molecule has 3 aromatic rings. The van der Waals surface area contributed by atoms with Crippen molar-refractivity contribution in [3.63, 3.8) is 0 Å². The smallest absolute Gasteiger partial charge is 0.191 e. The summed E-state index contributed by atoms with van der Waals surface area (Å²) in [5.41, 5.74) is 7.38. The maximum atomic E-state index is 6.44. The largest absolute Gasteiger partial charge is 0.494 e. The second-order valence-electron chi connectivity index (χ2n) is 7.26. The Bertz CT molecular complexity index is 942. The Morgan fingerprint density at radius 3 is 2.46 bits per heavy atom. The van der Waals surface area contributed by atoms with Gasteiger partial charge in [0.25, 0.3) is 0 Å². The average molecular weight is 372 g/mol. The van der Waals surface area contributed by atoms with Gasteiger partial charge >= 0.3 is 0 Å². The minimum Gasteiger partial charge on any atom is -0.494 e. The Balaban J connectivity index is 1.50. The molecule has 28 heavy (non-hydrogen) atoms. The first-order chi connectivity index (χ1) is 13.8. The third-order valence-corrected chi connectivity index (χ3v) is 5.55. The maximum Gasteiger partial charge on any atom is 0.191 e. The lowest BCUT2D eigenvalue weighted by Crippen LogP contribution is -2.42. The van der Waals surface area contributed by atoms with Gasteiger partial charge in [-0.05, 0) is 37.1 Å². The van der Waals surface area contributed by atoms with Crippen LogP contribution >= 0.6 is 0 Å². The van der Waals surface area contributed by atoms with E-state index in [-0.39, 0.29) is 18.3 Å². The quantitative estimate of drug-likeness (QED) is 0.685. The van der Waals surface area contributed by atoms with Crippen LogP contribution in [0, 0.1) is 0 Å². The molecule has 142 valence electrons. The van der Waals surface area contributed by atoms with Gasteiger partial charge in [0.2, 0.25) is 0 Å². The molecule has 0 unspecified atom stereocenters. The Hall–Kier alpha value is -2.82. The zero-order chi connectivity index (χ0) is 18.9. The number of hydrogen-bond acceptors (Lipinski definition) is 4. The molecule has 1 N–H and O–H groups in total. The summed E-state index contributed by atoms with van der Waals surface area (Å²) in [6.07, 6.45) is 0.835.